The third kappa shape index (κ3) is 5.82. The Morgan fingerprint density at radius 3 is 2.41 bits per heavy atom. The molecule has 34 heavy (non-hydrogen) atoms. The Bertz CT molecular complexity index is 1200. The molecule has 4 rings (SSSR count). The number of rotatable bonds is 11. The molecule has 1 heterocycles. The summed E-state index contributed by atoms with van der Waals surface area (Å²) >= 11 is 0. The highest BCUT2D eigenvalue weighted by atomic mass is 16.5. The molecule has 2 unspecified atom stereocenters. The third-order valence-electron chi connectivity index (χ3n) is 6.16. The van der Waals surface area contributed by atoms with Crippen molar-refractivity contribution in [2.75, 3.05) is 6.54 Å². The maximum Gasteiger partial charge on any atom is 0.146 e. The van der Waals surface area contributed by atoms with E-state index in [-0.39, 0.29) is 0 Å². The quantitative estimate of drug-likeness (QED) is 0.146. The minimum atomic E-state index is -1.07. The number of para-hydroxylation sites is 1. The largest absolute Gasteiger partial charge is 0.373 e. The molecule has 0 aliphatic heterocycles. The highest BCUT2D eigenvalue weighted by Gasteiger charge is 2.21. The topological polar surface area (TPSA) is 80.3 Å². The fourth-order valence-electron chi connectivity index (χ4n) is 4.50. The first kappa shape index (κ1) is 23.9. The first-order chi connectivity index (χ1) is 16.7. The van der Waals surface area contributed by atoms with E-state index in [1.807, 2.05) is 12.1 Å². The Kier molecular flexibility index (Phi) is 8.28. The molecule has 0 spiro atoms. The number of benzene rings is 3. The molecule has 4 aromatic rings. The standard InChI is InChI=1S/C29H33N3O2/c1-2-8-24(20-30-19-22-15-13-21(14-16-22)17-18-27(33)32-34)28-25-11-6-7-12-26(25)31-29(28)23-9-4-3-5-10-23/h3-7,9-18,24,27,30-34H,2,8,19-20H2,1H3/b18-17+. The van der Waals surface area contributed by atoms with Crippen molar-refractivity contribution in [2.45, 2.75) is 38.5 Å². The zero-order valence-electron chi connectivity index (χ0n) is 19.5. The molecule has 0 amide bonds. The van der Waals surface area contributed by atoms with Crippen LogP contribution in [0.5, 0.6) is 0 Å². The highest BCUT2D eigenvalue weighted by Crippen LogP contribution is 2.37. The number of hydrogen-bond donors (Lipinski definition) is 5. The molecule has 5 nitrogen and oxygen atoms in total. The summed E-state index contributed by atoms with van der Waals surface area (Å²) in [6, 6.07) is 27.4. The van der Waals surface area contributed by atoms with Gasteiger partial charge in [0.2, 0.25) is 0 Å². The van der Waals surface area contributed by atoms with Crippen molar-refractivity contribution in [3.63, 3.8) is 0 Å². The van der Waals surface area contributed by atoms with Gasteiger partial charge in [0, 0.05) is 24.0 Å². The Morgan fingerprint density at radius 2 is 1.68 bits per heavy atom. The number of aliphatic hydroxyl groups excluding tert-OH is 1. The lowest BCUT2D eigenvalue weighted by atomic mass is 9.89. The van der Waals surface area contributed by atoms with Gasteiger partial charge >= 0.3 is 0 Å². The lowest BCUT2D eigenvalue weighted by molar-refractivity contribution is 0.0323. The van der Waals surface area contributed by atoms with Gasteiger partial charge in [-0.25, -0.2) is 0 Å². The minimum absolute atomic E-state index is 0.394. The number of fused-ring (bicyclic) bond motifs is 1. The van der Waals surface area contributed by atoms with Gasteiger partial charge < -0.3 is 20.6 Å². The number of aromatic amines is 1. The molecule has 0 saturated carbocycles. The van der Waals surface area contributed by atoms with E-state index in [9.17, 15) is 5.11 Å². The predicted octanol–water partition coefficient (Wildman–Crippen LogP) is 5.82. The van der Waals surface area contributed by atoms with Gasteiger partial charge in [-0.2, -0.15) is 5.48 Å². The van der Waals surface area contributed by atoms with Crippen molar-refractivity contribution >= 4 is 17.0 Å². The molecule has 176 valence electrons. The van der Waals surface area contributed by atoms with Gasteiger partial charge in [-0.15, -0.1) is 0 Å². The number of H-pyrrole nitrogens is 1. The van der Waals surface area contributed by atoms with Crippen molar-refractivity contribution in [3.8, 4) is 11.3 Å². The summed E-state index contributed by atoms with van der Waals surface area (Å²) in [5, 5.41) is 23.0. The molecule has 0 aliphatic rings. The van der Waals surface area contributed by atoms with Gasteiger partial charge in [0.05, 0.1) is 5.69 Å². The fourth-order valence-corrected chi connectivity index (χ4v) is 4.50. The summed E-state index contributed by atoms with van der Waals surface area (Å²) in [5.74, 6) is 0.394. The van der Waals surface area contributed by atoms with Crippen molar-refractivity contribution < 1.29 is 10.3 Å². The van der Waals surface area contributed by atoms with Crippen LogP contribution in [0.4, 0.5) is 0 Å². The summed E-state index contributed by atoms with van der Waals surface area (Å²) in [5.41, 5.74) is 8.98. The average molecular weight is 456 g/mol. The van der Waals surface area contributed by atoms with E-state index in [1.54, 1.807) is 11.6 Å². The number of hydrogen-bond acceptors (Lipinski definition) is 4. The molecule has 0 fully saturated rings. The normalized spacial score (nSPS) is 13.5. The number of hydroxylamine groups is 1. The van der Waals surface area contributed by atoms with Gasteiger partial charge in [0.25, 0.3) is 0 Å². The third-order valence-corrected chi connectivity index (χ3v) is 6.16. The maximum atomic E-state index is 9.36. The average Bonchev–Trinajstić information content (AvgIpc) is 3.27. The Labute approximate surface area is 201 Å². The molecule has 2 atom stereocenters. The van der Waals surface area contributed by atoms with E-state index in [4.69, 9.17) is 5.21 Å². The Morgan fingerprint density at radius 1 is 0.941 bits per heavy atom. The first-order valence-electron chi connectivity index (χ1n) is 11.9. The van der Waals surface area contributed by atoms with Crippen LogP contribution in [-0.4, -0.2) is 28.1 Å². The summed E-state index contributed by atoms with van der Waals surface area (Å²) in [4.78, 5) is 3.69. The second-order valence-corrected chi connectivity index (χ2v) is 8.62. The molecule has 0 aliphatic carbocycles. The summed E-state index contributed by atoms with van der Waals surface area (Å²) in [7, 11) is 0. The molecule has 1 aromatic heterocycles. The Balaban J connectivity index is 1.51. The molecule has 5 heteroatoms. The van der Waals surface area contributed by atoms with Gasteiger partial charge in [0.1, 0.15) is 6.23 Å². The van der Waals surface area contributed by atoms with Gasteiger partial charge in [-0.1, -0.05) is 92.2 Å². The molecule has 0 bridgehead atoms. The molecule has 0 radical (unpaired) electrons. The van der Waals surface area contributed by atoms with Crippen LogP contribution in [0.2, 0.25) is 0 Å². The van der Waals surface area contributed by atoms with Crippen LogP contribution in [0.1, 0.15) is 42.4 Å². The predicted molar refractivity (Wildman–Crippen MR) is 139 cm³/mol. The summed E-state index contributed by atoms with van der Waals surface area (Å²) in [6.07, 6.45) is 4.43. The summed E-state index contributed by atoms with van der Waals surface area (Å²) in [6.45, 7) is 3.93. The van der Waals surface area contributed by atoms with Gasteiger partial charge in [0.15, 0.2) is 0 Å². The molecular formula is C29H33N3O2. The number of aromatic nitrogens is 1. The smallest absolute Gasteiger partial charge is 0.146 e. The van der Waals surface area contributed by atoms with E-state index in [2.05, 4.69) is 84.0 Å². The van der Waals surface area contributed by atoms with Crippen LogP contribution in [0.25, 0.3) is 28.2 Å². The lowest BCUT2D eigenvalue weighted by Crippen LogP contribution is -2.22. The summed E-state index contributed by atoms with van der Waals surface area (Å²) < 4.78 is 0. The zero-order valence-corrected chi connectivity index (χ0v) is 19.5. The van der Waals surface area contributed by atoms with E-state index in [0.717, 1.165) is 31.5 Å². The van der Waals surface area contributed by atoms with Crippen molar-refractivity contribution in [2.24, 2.45) is 0 Å². The molecule has 5 N–H and O–H groups in total. The second-order valence-electron chi connectivity index (χ2n) is 8.62. The van der Waals surface area contributed by atoms with Crippen molar-refractivity contribution in [1.29, 1.82) is 0 Å². The van der Waals surface area contributed by atoms with Crippen LogP contribution in [0, 0.1) is 0 Å². The maximum absolute atomic E-state index is 9.36. The molecule has 0 saturated heterocycles. The van der Waals surface area contributed by atoms with Crippen LogP contribution >= 0.6 is 0 Å². The van der Waals surface area contributed by atoms with Crippen LogP contribution in [0.15, 0.2) is 84.9 Å². The van der Waals surface area contributed by atoms with Crippen molar-refractivity contribution in [1.82, 2.24) is 15.8 Å². The fraction of sp³-hybridized carbons (Fsp3) is 0.241. The second kappa shape index (κ2) is 11.8. The highest BCUT2D eigenvalue weighted by molar-refractivity contribution is 5.91. The van der Waals surface area contributed by atoms with Crippen LogP contribution in [-0.2, 0) is 6.54 Å². The minimum Gasteiger partial charge on any atom is -0.373 e. The molecule has 3 aromatic carbocycles. The van der Waals surface area contributed by atoms with Crippen LogP contribution in [0.3, 0.4) is 0 Å². The monoisotopic (exact) mass is 455 g/mol. The molecular weight excluding hydrogens is 422 g/mol. The van der Waals surface area contributed by atoms with E-state index >= 15 is 0 Å². The Hall–Kier alpha value is -3.22. The van der Waals surface area contributed by atoms with Gasteiger partial charge in [-0.05, 0) is 46.7 Å². The lowest BCUT2D eigenvalue weighted by Gasteiger charge is -2.19. The van der Waals surface area contributed by atoms with E-state index < -0.39 is 6.23 Å². The number of nitrogens with one attached hydrogen (secondary N) is 3. The van der Waals surface area contributed by atoms with Crippen LogP contribution < -0.4 is 10.8 Å². The zero-order chi connectivity index (χ0) is 23.8. The van der Waals surface area contributed by atoms with E-state index in [0.29, 0.717) is 5.92 Å². The van der Waals surface area contributed by atoms with E-state index in [1.165, 1.54) is 39.4 Å². The van der Waals surface area contributed by atoms with Gasteiger partial charge in [-0.3, -0.25) is 0 Å². The van der Waals surface area contributed by atoms with Crippen molar-refractivity contribution in [3.05, 3.63) is 102 Å². The first-order valence-corrected chi connectivity index (χ1v) is 11.9. The number of aliphatic hydroxyl groups is 1. The SMILES string of the molecule is CCCC(CNCc1ccc(/C=C/C(O)NO)cc1)c1c(-c2ccccc2)[nH]c2ccccc12.